The highest BCUT2D eigenvalue weighted by Crippen LogP contribution is 2.08. The number of carbonyl (C=O) groups is 1. The highest BCUT2D eigenvalue weighted by molar-refractivity contribution is 6.17. The minimum absolute atomic E-state index is 0.0205. The zero-order valence-corrected chi connectivity index (χ0v) is 10.7. The molecular formula is C13H18ClNO2. The first-order chi connectivity index (χ1) is 8.21. The lowest BCUT2D eigenvalue weighted by Crippen LogP contribution is -2.35. The number of aliphatic hydroxyl groups excluding tert-OH is 1. The fourth-order valence-electron chi connectivity index (χ4n) is 1.60. The zero-order chi connectivity index (χ0) is 12.7. The van der Waals surface area contributed by atoms with Crippen molar-refractivity contribution >= 4 is 17.5 Å². The quantitative estimate of drug-likeness (QED) is 0.767. The van der Waals surface area contributed by atoms with Crippen LogP contribution in [0.25, 0.3) is 0 Å². The lowest BCUT2D eigenvalue weighted by Gasteiger charge is -2.15. The second-order valence-electron chi connectivity index (χ2n) is 3.92. The average molecular weight is 256 g/mol. The van der Waals surface area contributed by atoms with Crippen molar-refractivity contribution in [2.45, 2.75) is 31.7 Å². The van der Waals surface area contributed by atoms with E-state index >= 15 is 0 Å². The fourth-order valence-corrected chi connectivity index (χ4v) is 1.76. The summed E-state index contributed by atoms with van der Waals surface area (Å²) >= 11 is 5.72. The number of halogens is 1. The molecule has 1 amide bonds. The summed E-state index contributed by atoms with van der Waals surface area (Å²) in [4.78, 5) is 11.9. The highest BCUT2D eigenvalue weighted by atomic mass is 35.5. The van der Waals surface area contributed by atoms with Crippen LogP contribution in [0.3, 0.4) is 0 Å². The predicted octanol–water partition coefficient (Wildman–Crippen LogP) is 2.32. The van der Waals surface area contributed by atoms with Crippen molar-refractivity contribution in [1.82, 2.24) is 5.32 Å². The lowest BCUT2D eigenvalue weighted by molar-refractivity contribution is 0.0929. The van der Waals surface area contributed by atoms with Crippen molar-refractivity contribution in [3.63, 3.8) is 0 Å². The molecule has 2 N–H and O–H groups in total. The van der Waals surface area contributed by atoms with E-state index < -0.39 is 0 Å². The van der Waals surface area contributed by atoms with Gasteiger partial charge in [-0.05, 0) is 30.5 Å². The topological polar surface area (TPSA) is 49.3 Å². The molecular weight excluding hydrogens is 238 g/mol. The fraction of sp³-hybridized carbons (Fsp3) is 0.462. The van der Waals surface area contributed by atoms with Gasteiger partial charge >= 0.3 is 0 Å². The summed E-state index contributed by atoms with van der Waals surface area (Å²) in [5.41, 5.74) is 1.54. The third-order valence-electron chi connectivity index (χ3n) is 2.65. The smallest absolute Gasteiger partial charge is 0.251 e. The third kappa shape index (κ3) is 4.36. The lowest BCUT2D eigenvalue weighted by atomic mass is 10.1. The molecule has 0 saturated carbocycles. The number of rotatable bonds is 6. The van der Waals surface area contributed by atoms with Gasteiger partial charge in [0.2, 0.25) is 0 Å². The Kier molecular flexibility index (Phi) is 6.01. The Hall–Kier alpha value is -1.06. The van der Waals surface area contributed by atoms with Crippen molar-refractivity contribution in [1.29, 1.82) is 0 Å². The van der Waals surface area contributed by atoms with Crippen molar-refractivity contribution in [2.75, 3.05) is 6.61 Å². The van der Waals surface area contributed by atoms with Gasteiger partial charge in [0, 0.05) is 24.1 Å². The molecule has 0 aromatic heterocycles. The minimum atomic E-state index is -0.114. The maximum Gasteiger partial charge on any atom is 0.251 e. The van der Waals surface area contributed by atoms with Crippen LogP contribution in [0.4, 0.5) is 0 Å². The van der Waals surface area contributed by atoms with Crippen molar-refractivity contribution in [2.24, 2.45) is 0 Å². The van der Waals surface area contributed by atoms with Crippen LogP contribution in [0, 0.1) is 0 Å². The summed E-state index contributed by atoms with van der Waals surface area (Å²) in [6, 6.07) is 7.27. The Morgan fingerprint density at radius 1 is 1.53 bits per heavy atom. The first-order valence-electron chi connectivity index (χ1n) is 5.77. The van der Waals surface area contributed by atoms with Crippen LogP contribution in [0.1, 0.15) is 35.7 Å². The van der Waals surface area contributed by atoms with Gasteiger partial charge in [-0.2, -0.15) is 0 Å². The van der Waals surface area contributed by atoms with Crippen molar-refractivity contribution in [3.05, 3.63) is 35.4 Å². The zero-order valence-electron chi connectivity index (χ0n) is 9.95. The summed E-state index contributed by atoms with van der Waals surface area (Å²) in [5.74, 6) is 0.284. The standard InChI is InChI=1S/C13H18ClNO2/c1-2-12(6-7-16)15-13(17)11-5-3-4-10(8-11)9-14/h3-5,8,12,16H,2,6-7,9H2,1H3,(H,15,17). The van der Waals surface area contributed by atoms with Crippen LogP contribution >= 0.6 is 11.6 Å². The number of nitrogens with one attached hydrogen (secondary N) is 1. The molecule has 0 spiro atoms. The van der Waals surface area contributed by atoms with E-state index in [1.165, 1.54) is 0 Å². The van der Waals surface area contributed by atoms with E-state index in [4.69, 9.17) is 16.7 Å². The number of amides is 1. The van der Waals surface area contributed by atoms with E-state index in [0.717, 1.165) is 12.0 Å². The van der Waals surface area contributed by atoms with Gasteiger partial charge in [-0.1, -0.05) is 19.1 Å². The van der Waals surface area contributed by atoms with E-state index in [9.17, 15) is 4.79 Å². The molecule has 0 aliphatic rings. The van der Waals surface area contributed by atoms with Crippen molar-refractivity contribution < 1.29 is 9.90 Å². The number of carbonyl (C=O) groups excluding carboxylic acids is 1. The Bertz CT molecular complexity index is 368. The normalized spacial score (nSPS) is 12.2. The predicted molar refractivity (Wildman–Crippen MR) is 69.2 cm³/mol. The molecule has 1 aromatic rings. The minimum Gasteiger partial charge on any atom is -0.396 e. The second-order valence-corrected chi connectivity index (χ2v) is 4.19. The molecule has 0 aliphatic carbocycles. The molecule has 0 bridgehead atoms. The monoisotopic (exact) mass is 255 g/mol. The second kappa shape index (κ2) is 7.30. The summed E-state index contributed by atoms with van der Waals surface area (Å²) < 4.78 is 0. The van der Waals surface area contributed by atoms with Crippen LogP contribution in [0.5, 0.6) is 0 Å². The van der Waals surface area contributed by atoms with E-state index in [1.807, 2.05) is 19.1 Å². The van der Waals surface area contributed by atoms with Gasteiger partial charge in [-0.15, -0.1) is 11.6 Å². The maximum absolute atomic E-state index is 11.9. The Morgan fingerprint density at radius 3 is 2.88 bits per heavy atom. The van der Waals surface area contributed by atoms with Crippen LogP contribution < -0.4 is 5.32 Å². The van der Waals surface area contributed by atoms with E-state index in [0.29, 0.717) is 17.9 Å². The van der Waals surface area contributed by atoms with Gasteiger partial charge in [-0.25, -0.2) is 0 Å². The molecule has 1 unspecified atom stereocenters. The van der Waals surface area contributed by atoms with Gasteiger partial charge in [0.25, 0.3) is 5.91 Å². The van der Waals surface area contributed by atoms with Crippen LogP contribution in [-0.4, -0.2) is 23.7 Å². The number of aliphatic hydroxyl groups is 1. The van der Waals surface area contributed by atoms with E-state index in [1.54, 1.807) is 12.1 Å². The van der Waals surface area contributed by atoms with Gasteiger partial charge in [0.05, 0.1) is 0 Å². The van der Waals surface area contributed by atoms with E-state index in [-0.39, 0.29) is 18.6 Å². The molecule has 1 aromatic carbocycles. The number of alkyl halides is 1. The SMILES string of the molecule is CCC(CCO)NC(=O)c1cccc(CCl)c1. The van der Waals surface area contributed by atoms with Gasteiger partial charge in [0.15, 0.2) is 0 Å². The van der Waals surface area contributed by atoms with Crippen LogP contribution in [0.2, 0.25) is 0 Å². The van der Waals surface area contributed by atoms with Crippen LogP contribution in [-0.2, 0) is 5.88 Å². The summed E-state index contributed by atoms with van der Waals surface area (Å²) in [7, 11) is 0. The van der Waals surface area contributed by atoms with Gasteiger partial charge in [0.1, 0.15) is 0 Å². The number of hydrogen-bond acceptors (Lipinski definition) is 2. The molecule has 94 valence electrons. The Balaban J connectivity index is 2.68. The summed E-state index contributed by atoms with van der Waals surface area (Å²) in [5, 5.41) is 11.8. The molecule has 3 nitrogen and oxygen atoms in total. The molecule has 4 heteroatoms. The summed E-state index contributed by atoms with van der Waals surface area (Å²) in [6.45, 7) is 2.07. The molecule has 1 rings (SSSR count). The first-order valence-corrected chi connectivity index (χ1v) is 6.31. The van der Waals surface area contributed by atoms with Crippen LogP contribution in [0.15, 0.2) is 24.3 Å². The molecule has 0 fully saturated rings. The largest absolute Gasteiger partial charge is 0.396 e. The molecule has 1 atom stereocenters. The highest BCUT2D eigenvalue weighted by Gasteiger charge is 2.11. The molecule has 0 radical (unpaired) electrons. The summed E-state index contributed by atoms with van der Waals surface area (Å²) in [6.07, 6.45) is 1.39. The van der Waals surface area contributed by atoms with Gasteiger partial charge in [-0.3, -0.25) is 4.79 Å². The Morgan fingerprint density at radius 2 is 2.29 bits per heavy atom. The average Bonchev–Trinajstić information content (AvgIpc) is 2.38. The van der Waals surface area contributed by atoms with E-state index in [2.05, 4.69) is 5.32 Å². The first kappa shape index (κ1) is 14.0. The number of benzene rings is 1. The van der Waals surface area contributed by atoms with Gasteiger partial charge < -0.3 is 10.4 Å². The molecule has 17 heavy (non-hydrogen) atoms. The maximum atomic E-state index is 11.9. The molecule has 0 aliphatic heterocycles. The molecule has 0 saturated heterocycles. The Labute approximate surface area is 107 Å². The number of hydrogen-bond donors (Lipinski definition) is 2. The van der Waals surface area contributed by atoms with Crippen molar-refractivity contribution in [3.8, 4) is 0 Å². The molecule has 0 heterocycles. The third-order valence-corrected chi connectivity index (χ3v) is 2.96.